The minimum absolute atomic E-state index is 0.798. The maximum Gasteiger partial charge on any atom is 0.203 e. The Labute approximate surface area is 139 Å². The minimum Gasteiger partial charge on any atom is -0.497 e. The van der Waals surface area contributed by atoms with Gasteiger partial charge < -0.3 is 4.74 Å². The first-order chi connectivity index (χ1) is 11.2. The lowest BCUT2D eigenvalue weighted by Gasteiger charge is -2.05. The van der Waals surface area contributed by atoms with Crippen molar-refractivity contribution in [1.82, 2.24) is 4.98 Å². The molecule has 0 fully saturated rings. The van der Waals surface area contributed by atoms with Crippen LogP contribution < -0.4 is 10.2 Å². The van der Waals surface area contributed by atoms with Crippen LogP contribution in [0.5, 0.6) is 5.75 Å². The molecule has 5 heteroatoms. The van der Waals surface area contributed by atoms with Crippen LogP contribution in [-0.4, -0.2) is 18.3 Å². The molecule has 23 heavy (non-hydrogen) atoms. The topological polar surface area (TPSA) is 46.5 Å². The molecule has 116 valence electrons. The number of methoxy groups -OCH3 is 1. The van der Waals surface area contributed by atoms with Crippen LogP contribution in [0.3, 0.4) is 0 Å². The fraction of sp³-hybridized carbons (Fsp3) is 0.111. The highest BCUT2D eigenvalue weighted by molar-refractivity contribution is 7.13. The van der Waals surface area contributed by atoms with Crippen molar-refractivity contribution in [2.45, 2.75) is 6.92 Å². The highest BCUT2D eigenvalue weighted by Crippen LogP contribution is 2.23. The zero-order valence-corrected chi connectivity index (χ0v) is 13.8. The number of hydrazone groups is 1. The molecule has 4 nitrogen and oxygen atoms in total. The summed E-state index contributed by atoms with van der Waals surface area (Å²) in [6, 6.07) is 16.2. The van der Waals surface area contributed by atoms with E-state index in [0.717, 1.165) is 33.3 Å². The first kappa shape index (κ1) is 15.2. The van der Waals surface area contributed by atoms with Gasteiger partial charge in [0.05, 0.1) is 19.0 Å². The van der Waals surface area contributed by atoms with Crippen molar-refractivity contribution >= 4 is 22.7 Å². The number of benzene rings is 2. The molecule has 2 aromatic carbocycles. The Morgan fingerprint density at radius 2 is 1.96 bits per heavy atom. The first-order valence-corrected chi connectivity index (χ1v) is 8.08. The number of rotatable bonds is 5. The highest BCUT2D eigenvalue weighted by atomic mass is 32.1. The summed E-state index contributed by atoms with van der Waals surface area (Å²) >= 11 is 1.54. The second-order valence-electron chi connectivity index (χ2n) is 5.02. The van der Waals surface area contributed by atoms with E-state index in [9.17, 15) is 0 Å². The van der Waals surface area contributed by atoms with Crippen LogP contribution in [0.25, 0.3) is 11.1 Å². The lowest BCUT2D eigenvalue weighted by molar-refractivity contribution is 0.415. The van der Waals surface area contributed by atoms with Crippen LogP contribution in [0.2, 0.25) is 0 Å². The molecule has 3 aromatic rings. The molecule has 0 unspecified atom stereocenters. The van der Waals surface area contributed by atoms with Crippen LogP contribution >= 0.6 is 11.3 Å². The molecule has 0 atom stereocenters. The predicted molar refractivity (Wildman–Crippen MR) is 96.5 cm³/mol. The summed E-state index contributed by atoms with van der Waals surface area (Å²) in [6.07, 6.45) is 1.78. The summed E-state index contributed by atoms with van der Waals surface area (Å²) in [4.78, 5) is 4.29. The number of hydrogen-bond donors (Lipinski definition) is 1. The molecule has 1 aromatic heterocycles. The molecule has 0 amide bonds. The van der Waals surface area contributed by atoms with E-state index in [4.69, 9.17) is 4.74 Å². The van der Waals surface area contributed by atoms with Crippen LogP contribution in [0.15, 0.2) is 59.0 Å². The number of thiazole rings is 1. The van der Waals surface area contributed by atoms with Crippen molar-refractivity contribution in [3.63, 3.8) is 0 Å². The molecule has 0 aliphatic carbocycles. The van der Waals surface area contributed by atoms with E-state index in [1.165, 1.54) is 0 Å². The van der Waals surface area contributed by atoms with Crippen molar-refractivity contribution in [1.29, 1.82) is 0 Å². The Kier molecular flexibility index (Phi) is 4.68. The molecule has 1 N–H and O–H groups in total. The summed E-state index contributed by atoms with van der Waals surface area (Å²) < 4.78 is 5.26. The average Bonchev–Trinajstić information content (AvgIpc) is 3.01. The zero-order chi connectivity index (χ0) is 16.1. The van der Waals surface area contributed by atoms with Gasteiger partial charge in [-0.25, -0.2) is 4.98 Å². The van der Waals surface area contributed by atoms with Crippen molar-refractivity contribution in [2.75, 3.05) is 12.5 Å². The normalized spacial score (nSPS) is 10.9. The Bertz CT molecular complexity index is 809. The maximum absolute atomic E-state index is 5.26. The van der Waals surface area contributed by atoms with Gasteiger partial charge in [0.25, 0.3) is 0 Å². The lowest BCUT2D eigenvalue weighted by Crippen LogP contribution is -1.90. The molecule has 0 aliphatic rings. The monoisotopic (exact) mass is 323 g/mol. The van der Waals surface area contributed by atoms with Gasteiger partial charge in [-0.05, 0) is 35.7 Å². The maximum atomic E-state index is 5.26. The van der Waals surface area contributed by atoms with E-state index in [2.05, 4.69) is 33.7 Å². The molecular formula is C18H17N3OS. The second-order valence-corrected chi connectivity index (χ2v) is 5.88. The van der Waals surface area contributed by atoms with E-state index in [1.807, 2.05) is 42.6 Å². The van der Waals surface area contributed by atoms with Gasteiger partial charge in [0.2, 0.25) is 5.13 Å². The zero-order valence-electron chi connectivity index (χ0n) is 13.0. The van der Waals surface area contributed by atoms with Gasteiger partial charge in [0.1, 0.15) is 5.75 Å². The summed E-state index contributed by atoms with van der Waals surface area (Å²) in [5.41, 5.74) is 7.23. The SMILES string of the molecule is COc1cccc(-c2ccc(C=NNc3nc(C)cs3)cc2)c1. The van der Waals surface area contributed by atoms with Gasteiger partial charge in [-0.3, -0.25) is 5.43 Å². The quantitative estimate of drug-likeness (QED) is 0.552. The molecular weight excluding hydrogens is 306 g/mol. The summed E-state index contributed by atoms with van der Waals surface area (Å²) in [5, 5.41) is 6.99. The van der Waals surface area contributed by atoms with Crippen LogP contribution in [0, 0.1) is 6.92 Å². The Balaban J connectivity index is 1.69. The molecule has 0 aliphatic heterocycles. The summed E-state index contributed by atoms with van der Waals surface area (Å²) in [6.45, 7) is 1.96. The molecule has 0 saturated heterocycles. The highest BCUT2D eigenvalue weighted by Gasteiger charge is 2.00. The van der Waals surface area contributed by atoms with Crippen LogP contribution in [-0.2, 0) is 0 Å². The standard InChI is InChI=1S/C18H17N3OS/c1-13-12-23-18(20-13)21-19-11-14-6-8-15(9-7-14)16-4-3-5-17(10-16)22-2/h3-12H,1-2H3,(H,20,21). The molecule has 0 bridgehead atoms. The van der Waals surface area contributed by atoms with E-state index in [-0.39, 0.29) is 0 Å². The number of aryl methyl sites for hydroxylation is 1. The molecule has 0 spiro atoms. The van der Waals surface area contributed by atoms with Gasteiger partial charge in [-0.15, -0.1) is 11.3 Å². The number of nitrogens with zero attached hydrogens (tertiary/aromatic N) is 2. The fourth-order valence-corrected chi connectivity index (χ4v) is 2.77. The van der Waals surface area contributed by atoms with Crippen molar-refractivity contribution < 1.29 is 4.74 Å². The number of aromatic nitrogens is 1. The van der Waals surface area contributed by atoms with Crippen molar-refractivity contribution in [2.24, 2.45) is 5.10 Å². The third-order valence-electron chi connectivity index (χ3n) is 3.31. The van der Waals surface area contributed by atoms with E-state index < -0.39 is 0 Å². The molecule has 3 rings (SSSR count). The van der Waals surface area contributed by atoms with Crippen LogP contribution in [0.4, 0.5) is 5.13 Å². The van der Waals surface area contributed by atoms with Gasteiger partial charge in [-0.1, -0.05) is 36.4 Å². The van der Waals surface area contributed by atoms with Crippen molar-refractivity contribution in [3.05, 3.63) is 65.2 Å². The van der Waals surface area contributed by atoms with E-state index in [0.29, 0.717) is 0 Å². The third kappa shape index (κ3) is 3.96. The van der Waals surface area contributed by atoms with Crippen molar-refractivity contribution in [3.8, 4) is 16.9 Å². The molecule has 0 radical (unpaired) electrons. The Morgan fingerprint density at radius 1 is 1.13 bits per heavy atom. The summed E-state index contributed by atoms with van der Waals surface area (Å²) in [7, 11) is 1.68. The van der Waals surface area contributed by atoms with E-state index >= 15 is 0 Å². The molecule has 1 heterocycles. The second kappa shape index (κ2) is 7.07. The predicted octanol–water partition coefficient (Wildman–Crippen LogP) is 4.57. The van der Waals surface area contributed by atoms with Gasteiger partial charge in [0, 0.05) is 5.38 Å². The minimum atomic E-state index is 0.798. The van der Waals surface area contributed by atoms with Gasteiger partial charge in [-0.2, -0.15) is 5.10 Å². The number of hydrogen-bond acceptors (Lipinski definition) is 5. The lowest BCUT2D eigenvalue weighted by atomic mass is 10.0. The fourth-order valence-electron chi connectivity index (χ4n) is 2.13. The smallest absolute Gasteiger partial charge is 0.203 e. The third-order valence-corrected chi connectivity index (χ3v) is 4.17. The van der Waals surface area contributed by atoms with Crippen LogP contribution in [0.1, 0.15) is 11.3 Å². The Hall–Kier alpha value is -2.66. The largest absolute Gasteiger partial charge is 0.497 e. The van der Waals surface area contributed by atoms with E-state index in [1.54, 1.807) is 24.7 Å². The number of nitrogens with one attached hydrogen (secondary N) is 1. The first-order valence-electron chi connectivity index (χ1n) is 7.20. The number of ether oxygens (including phenoxy) is 1. The Morgan fingerprint density at radius 3 is 2.65 bits per heavy atom. The average molecular weight is 323 g/mol. The molecule has 0 saturated carbocycles. The summed E-state index contributed by atoms with van der Waals surface area (Å²) in [5.74, 6) is 0.857. The number of anilines is 1. The van der Waals surface area contributed by atoms with Gasteiger partial charge in [0.15, 0.2) is 0 Å². The van der Waals surface area contributed by atoms with Gasteiger partial charge >= 0.3 is 0 Å².